The zero-order valence-electron chi connectivity index (χ0n) is 23.6. The molecule has 10 nitrogen and oxygen atoms in total. The van der Waals surface area contributed by atoms with E-state index >= 15 is 0 Å². The number of nitrogens with two attached hydrogens (primary N) is 1. The van der Waals surface area contributed by atoms with Crippen molar-refractivity contribution in [2.24, 2.45) is 0 Å². The highest BCUT2D eigenvalue weighted by Gasteiger charge is 2.43. The lowest BCUT2D eigenvalue weighted by molar-refractivity contribution is -0.145. The van der Waals surface area contributed by atoms with Crippen molar-refractivity contribution in [2.45, 2.75) is 46.1 Å². The van der Waals surface area contributed by atoms with Crippen LogP contribution >= 0.6 is 0 Å². The van der Waals surface area contributed by atoms with Crippen molar-refractivity contribution in [1.82, 2.24) is 29.3 Å². The first-order valence-electron chi connectivity index (χ1n) is 13.2. The van der Waals surface area contributed by atoms with Crippen molar-refractivity contribution in [3.63, 3.8) is 0 Å². The van der Waals surface area contributed by atoms with Gasteiger partial charge in [-0.25, -0.2) is 9.50 Å². The lowest BCUT2D eigenvalue weighted by atomic mass is 9.96. The van der Waals surface area contributed by atoms with Crippen molar-refractivity contribution in [1.29, 1.82) is 0 Å². The number of carbonyl (C=O) groups is 2. The summed E-state index contributed by atoms with van der Waals surface area (Å²) in [6.45, 7) is 5.10. The van der Waals surface area contributed by atoms with Gasteiger partial charge in [0.25, 0.3) is 5.91 Å². The molecule has 1 unspecified atom stereocenters. The molecular weight excluding hydrogens is 456 g/mol. The minimum atomic E-state index is -2.26. The number of amides is 2. The molecule has 1 atom stereocenters. The zero-order valence-corrected chi connectivity index (χ0v) is 20.6. The Hall–Kier alpha value is -4.21. The Morgan fingerprint density at radius 1 is 1.17 bits per heavy atom. The van der Waals surface area contributed by atoms with Crippen LogP contribution in [0.5, 0.6) is 0 Å². The second-order valence-electron chi connectivity index (χ2n) is 9.42. The zero-order chi connectivity index (χ0) is 28.3. The van der Waals surface area contributed by atoms with Gasteiger partial charge in [0.05, 0.1) is 11.4 Å². The van der Waals surface area contributed by atoms with Crippen molar-refractivity contribution < 1.29 is 13.7 Å². The van der Waals surface area contributed by atoms with Crippen LogP contribution in [-0.4, -0.2) is 59.7 Å². The summed E-state index contributed by atoms with van der Waals surface area (Å²) in [6.07, 6.45) is 2.91. The Bertz CT molecular complexity index is 1590. The Balaban J connectivity index is 1.62. The molecule has 3 aromatic heterocycles. The Morgan fingerprint density at radius 2 is 1.97 bits per heavy atom. The summed E-state index contributed by atoms with van der Waals surface area (Å²) in [4.78, 5) is 33.0. The molecule has 4 heterocycles. The van der Waals surface area contributed by atoms with Crippen LogP contribution in [0.15, 0.2) is 48.9 Å². The molecule has 0 bridgehead atoms. The number of hydrogen-bond acceptors (Lipinski definition) is 6. The molecule has 0 spiro atoms. The molecular formula is C26H30N8O2. The van der Waals surface area contributed by atoms with Gasteiger partial charge in [-0.1, -0.05) is 12.1 Å². The van der Waals surface area contributed by atoms with E-state index in [-0.39, 0.29) is 17.6 Å². The SMILES string of the molecule is [2H]C([2H])([2H])C(C)n1nccc1-c1cc(-c2cccc(N3CCN(C(C)=O)C(C)(C)C3=O)c2)n2ncnc(N)c12. The van der Waals surface area contributed by atoms with Crippen molar-refractivity contribution in [2.75, 3.05) is 23.7 Å². The predicted octanol–water partition coefficient (Wildman–Crippen LogP) is 3.40. The molecule has 1 aliphatic rings. The monoisotopic (exact) mass is 489 g/mol. The molecule has 0 aliphatic carbocycles. The summed E-state index contributed by atoms with van der Waals surface area (Å²) in [5, 5.41) is 8.73. The molecule has 4 aromatic rings. The predicted molar refractivity (Wildman–Crippen MR) is 138 cm³/mol. The summed E-state index contributed by atoms with van der Waals surface area (Å²) in [6, 6.07) is 10.2. The third-order valence-corrected chi connectivity index (χ3v) is 6.72. The molecule has 0 saturated carbocycles. The fraction of sp³-hybridized carbons (Fsp3) is 0.346. The van der Waals surface area contributed by atoms with E-state index in [2.05, 4.69) is 15.2 Å². The van der Waals surface area contributed by atoms with Gasteiger partial charge in [0.1, 0.15) is 17.4 Å². The minimum absolute atomic E-state index is 0.141. The molecule has 0 radical (unpaired) electrons. The third kappa shape index (κ3) is 3.60. The van der Waals surface area contributed by atoms with Crippen LogP contribution in [0.3, 0.4) is 0 Å². The lowest BCUT2D eigenvalue weighted by Crippen LogP contribution is -2.64. The number of benzene rings is 1. The number of nitrogen functional groups attached to an aromatic ring is 1. The maximum atomic E-state index is 13.4. The highest BCUT2D eigenvalue weighted by molar-refractivity contribution is 6.03. The van der Waals surface area contributed by atoms with Crippen LogP contribution < -0.4 is 10.6 Å². The number of aromatic nitrogens is 5. The quantitative estimate of drug-likeness (QED) is 0.470. The van der Waals surface area contributed by atoms with E-state index in [0.717, 1.165) is 5.56 Å². The Morgan fingerprint density at radius 3 is 2.72 bits per heavy atom. The summed E-state index contributed by atoms with van der Waals surface area (Å²) in [5.74, 6) is -0.0804. The highest BCUT2D eigenvalue weighted by Crippen LogP contribution is 2.37. The van der Waals surface area contributed by atoms with E-state index in [1.54, 1.807) is 47.3 Å². The van der Waals surface area contributed by atoms with Gasteiger partial charge >= 0.3 is 0 Å². The summed E-state index contributed by atoms with van der Waals surface area (Å²) in [7, 11) is 0. The van der Waals surface area contributed by atoms with E-state index < -0.39 is 18.4 Å². The van der Waals surface area contributed by atoms with Gasteiger partial charge in [-0.3, -0.25) is 14.3 Å². The van der Waals surface area contributed by atoms with Gasteiger partial charge in [-0.15, -0.1) is 0 Å². The minimum Gasteiger partial charge on any atom is -0.382 e. The van der Waals surface area contributed by atoms with Gasteiger partial charge in [0.2, 0.25) is 5.91 Å². The molecule has 1 aliphatic heterocycles. The van der Waals surface area contributed by atoms with E-state index in [4.69, 9.17) is 9.85 Å². The van der Waals surface area contributed by atoms with E-state index in [1.807, 2.05) is 30.3 Å². The smallest absolute Gasteiger partial charge is 0.252 e. The highest BCUT2D eigenvalue weighted by atomic mass is 16.2. The van der Waals surface area contributed by atoms with Gasteiger partial charge in [0.15, 0.2) is 5.82 Å². The topological polar surface area (TPSA) is 115 Å². The number of carbonyl (C=O) groups excluding carboxylic acids is 2. The standard InChI is InChI=1S/C26H30N8O2/c1-16(2)33-21(9-10-29-33)20-14-22(34-23(20)24(27)28-15-30-34)18-7-6-8-19(13-18)31-11-12-32(17(3)35)26(4,5)25(31)36/h6-10,13-16H,11-12H2,1-5H3,(H2,27,28,30)/i1D3. The molecule has 5 rings (SSSR count). The number of hydrogen-bond donors (Lipinski definition) is 1. The first-order chi connectivity index (χ1) is 18.3. The van der Waals surface area contributed by atoms with Gasteiger partial charge < -0.3 is 15.5 Å². The van der Waals surface area contributed by atoms with Crippen molar-refractivity contribution >= 4 is 28.8 Å². The fourth-order valence-corrected chi connectivity index (χ4v) is 4.96. The molecule has 10 heteroatoms. The summed E-state index contributed by atoms with van der Waals surface area (Å²) >= 11 is 0. The molecule has 1 saturated heterocycles. The number of nitrogens with zero attached hydrogens (tertiary/aromatic N) is 7. The largest absolute Gasteiger partial charge is 0.382 e. The second kappa shape index (κ2) is 8.47. The molecule has 2 amide bonds. The maximum absolute atomic E-state index is 13.4. The lowest BCUT2D eigenvalue weighted by Gasteiger charge is -2.45. The maximum Gasteiger partial charge on any atom is 0.252 e. The van der Waals surface area contributed by atoms with Crippen molar-refractivity contribution in [3.8, 4) is 22.5 Å². The van der Waals surface area contributed by atoms with E-state index in [0.29, 0.717) is 41.2 Å². The Labute approximate surface area is 213 Å². The number of anilines is 2. The first kappa shape index (κ1) is 20.0. The van der Waals surface area contributed by atoms with Crippen LogP contribution in [0.2, 0.25) is 0 Å². The van der Waals surface area contributed by atoms with Gasteiger partial charge in [-0.2, -0.15) is 10.2 Å². The number of rotatable bonds is 4. The molecule has 1 fully saturated rings. The number of piperazine rings is 1. The molecule has 186 valence electrons. The summed E-state index contributed by atoms with van der Waals surface area (Å²) < 4.78 is 26.8. The van der Waals surface area contributed by atoms with Crippen LogP contribution in [0, 0.1) is 0 Å². The average Bonchev–Trinajstić information content (AvgIpc) is 3.50. The molecule has 36 heavy (non-hydrogen) atoms. The first-order valence-corrected chi connectivity index (χ1v) is 11.7. The van der Waals surface area contributed by atoms with Crippen LogP contribution in [-0.2, 0) is 9.59 Å². The normalized spacial score (nSPS) is 18.1. The third-order valence-electron chi connectivity index (χ3n) is 6.72. The fourth-order valence-electron chi connectivity index (χ4n) is 4.96. The number of fused-ring (bicyclic) bond motifs is 1. The van der Waals surface area contributed by atoms with E-state index in [1.165, 1.54) is 17.9 Å². The average molecular weight is 490 g/mol. The van der Waals surface area contributed by atoms with Crippen molar-refractivity contribution in [3.05, 3.63) is 48.9 Å². The molecule has 1 aromatic carbocycles. The van der Waals surface area contributed by atoms with Crippen LogP contribution in [0.4, 0.5) is 11.5 Å². The van der Waals surface area contributed by atoms with E-state index in [9.17, 15) is 9.59 Å². The van der Waals surface area contributed by atoms with Crippen LogP contribution in [0.25, 0.3) is 28.0 Å². The summed E-state index contributed by atoms with van der Waals surface area (Å²) in [5.41, 5.74) is 9.18. The Kier molecular flexibility index (Phi) is 4.71. The van der Waals surface area contributed by atoms with Gasteiger partial charge in [-0.05, 0) is 51.9 Å². The molecule has 2 N–H and O–H groups in total. The van der Waals surface area contributed by atoms with Gasteiger partial charge in [0, 0.05) is 53.2 Å². The second-order valence-corrected chi connectivity index (χ2v) is 9.42. The van der Waals surface area contributed by atoms with Crippen LogP contribution in [0.1, 0.15) is 44.7 Å².